The van der Waals surface area contributed by atoms with Gasteiger partial charge in [0.15, 0.2) is 17.3 Å². The highest BCUT2D eigenvalue weighted by atomic mass is 16.5. The normalized spacial score (nSPS) is 10.3. The molecule has 0 aliphatic rings. The minimum atomic E-state index is -0.857. The molecule has 0 amide bonds. The number of ether oxygens (including phenoxy) is 2. The number of carboxylic acid groups (broad SMARTS) is 1. The number of carbonyl (C=O) groups is 1. The maximum atomic E-state index is 10.6. The average molecular weight is 277 g/mol. The Labute approximate surface area is 115 Å². The lowest BCUT2D eigenvalue weighted by molar-refractivity contribution is -0.136. The summed E-state index contributed by atoms with van der Waals surface area (Å²) in [4.78, 5) is 10.6. The number of hydrogen-bond donors (Lipinski definition) is 1. The lowest BCUT2D eigenvalue weighted by atomic mass is 10.1. The topological polar surface area (TPSA) is 81.8 Å². The first kappa shape index (κ1) is 13.9. The smallest absolute Gasteiger partial charge is 0.303 e. The molecule has 0 atom stereocenters. The predicted octanol–water partition coefficient (Wildman–Crippen LogP) is 2.38. The highest BCUT2D eigenvalue weighted by Crippen LogP contribution is 2.33. The Hall–Kier alpha value is -2.50. The van der Waals surface area contributed by atoms with Gasteiger partial charge in [0.1, 0.15) is 0 Å². The Bertz CT molecular complexity index is 605. The van der Waals surface area contributed by atoms with Crippen LogP contribution < -0.4 is 9.47 Å². The number of nitrogens with zero attached hydrogens (tertiary/aromatic N) is 1. The van der Waals surface area contributed by atoms with Crippen LogP contribution in [0.3, 0.4) is 0 Å². The van der Waals surface area contributed by atoms with Crippen LogP contribution >= 0.6 is 0 Å². The molecule has 1 N–H and O–H groups in total. The SMILES string of the molecule is COc1ccc(-c2oncc2CCC(=O)O)cc1OC. The van der Waals surface area contributed by atoms with Crippen molar-refractivity contribution in [2.24, 2.45) is 0 Å². The molecule has 0 saturated heterocycles. The van der Waals surface area contributed by atoms with Crippen molar-refractivity contribution in [1.82, 2.24) is 5.16 Å². The maximum Gasteiger partial charge on any atom is 0.303 e. The van der Waals surface area contributed by atoms with Crippen molar-refractivity contribution in [2.75, 3.05) is 14.2 Å². The van der Waals surface area contributed by atoms with Gasteiger partial charge in [0.2, 0.25) is 0 Å². The largest absolute Gasteiger partial charge is 0.493 e. The van der Waals surface area contributed by atoms with Crippen molar-refractivity contribution in [3.63, 3.8) is 0 Å². The van der Waals surface area contributed by atoms with E-state index in [0.29, 0.717) is 23.7 Å². The zero-order valence-corrected chi connectivity index (χ0v) is 11.3. The summed E-state index contributed by atoms with van der Waals surface area (Å²) < 4.78 is 15.6. The fourth-order valence-electron chi connectivity index (χ4n) is 1.90. The van der Waals surface area contributed by atoms with Gasteiger partial charge >= 0.3 is 5.97 Å². The molecule has 20 heavy (non-hydrogen) atoms. The molecule has 6 nitrogen and oxygen atoms in total. The van der Waals surface area contributed by atoms with Gasteiger partial charge in [-0.05, 0) is 24.6 Å². The van der Waals surface area contributed by atoms with E-state index in [-0.39, 0.29) is 6.42 Å². The molecule has 6 heteroatoms. The molecule has 0 bridgehead atoms. The molecule has 1 aromatic heterocycles. The second kappa shape index (κ2) is 6.10. The summed E-state index contributed by atoms with van der Waals surface area (Å²) in [6.45, 7) is 0. The molecular formula is C14H15NO5. The van der Waals surface area contributed by atoms with Crippen LogP contribution in [0.25, 0.3) is 11.3 Å². The van der Waals surface area contributed by atoms with Crippen LogP contribution in [-0.2, 0) is 11.2 Å². The maximum absolute atomic E-state index is 10.6. The van der Waals surface area contributed by atoms with E-state index in [1.807, 2.05) is 6.07 Å². The van der Waals surface area contributed by atoms with Gasteiger partial charge in [0.25, 0.3) is 0 Å². The third-order valence-electron chi connectivity index (χ3n) is 2.90. The van der Waals surface area contributed by atoms with E-state index in [1.165, 1.54) is 6.20 Å². The lowest BCUT2D eigenvalue weighted by Gasteiger charge is -2.08. The standard InChI is InChI=1S/C14H15NO5/c1-18-11-5-3-9(7-12(11)19-2)14-10(8-15-20-14)4-6-13(16)17/h3,5,7-8H,4,6H2,1-2H3,(H,16,17). The Morgan fingerprint density at radius 1 is 1.30 bits per heavy atom. The van der Waals surface area contributed by atoms with Crippen molar-refractivity contribution in [3.8, 4) is 22.8 Å². The van der Waals surface area contributed by atoms with Gasteiger partial charge in [0, 0.05) is 17.5 Å². The molecule has 2 rings (SSSR count). The molecule has 1 aromatic carbocycles. The summed E-state index contributed by atoms with van der Waals surface area (Å²) in [6.07, 6.45) is 1.93. The monoisotopic (exact) mass is 277 g/mol. The molecule has 0 unspecified atom stereocenters. The molecule has 1 heterocycles. The number of aryl methyl sites for hydroxylation is 1. The number of aliphatic carboxylic acids is 1. The van der Waals surface area contributed by atoms with Gasteiger partial charge in [-0.25, -0.2) is 0 Å². The quantitative estimate of drug-likeness (QED) is 0.873. The van der Waals surface area contributed by atoms with E-state index in [2.05, 4.69) is 5.16 Å². The number of carboxylic acids is 1. The van der Waals surface area contributed by atoms with Crippen LogP contribution in [0, 0.1) is 0 Å². The first-order chi connectivity index (χ1) is 9.65. The Morgan fingerprint density at radius 3 is 2.70 bits per heavy atom. The van der Waals surface area contributed by atoms with Gasteiger partial charge in [-0.3, -0.25) is 4.79 Å². The Morgan fingerprint density at radius 2 is 2.05 bits per heavy atom. The molecule has 106 valence electrons. The predicted molar refractivity (Wildman–Crippen MR) is 71.0 cm³/mol. The van der Waals surface area contributed by atoms with E-state index in [9.17, 15) is 4.79 Å². The van der Waals surface area contributed by atoms with E-state index >= 15 is 0 Å². The van der Waals surface area contributed by atoms with E-state index < -0.39 is 5.97 Å². The zero-order valence-electron chi connectivity index (χ0n) is 11.3. The third-order valence-corrected chi connectivity index (χ3v) is 2.90. The molecule has 0 saturated carbocycles. The van der Waals surface area contributed by atoms with Crippen molar-refractivity contribution in [2.45, 2.75) is 12.8 Å². The third kappa shape index (κ3) is 2.90. The first-order valence-electron chi connectivity index (χ1n) is 6.03. The Kier molecular flexibility index (Phi) is 4.24. The van der Waals surface area contributed by atoms with Crippen LogP contribution in [0.15, 0.2) is 28.9 Å². The first-order valence-corrected chi connectivity index (χ1v) is 6.03. The van der Waals surface area contributed by atoms with E-state index in [4.69, 9.17) is 19.1 Å². The summed E-state index contributed by atoms with van der Waals surface area (Å²) in [7, 11) is 3.11. The fraction of sp³-hybridized carbons (Fsp3) is 0.286. The number of benzene rings is 1. The van der Waals surface area contributed by atoms with Gasteiger partial charge in [0.05, 0.1) is 20.4 Å². The van der Waals surface area contributed by atoms with Crippen LogP contribution in [0.5, 0.6) is 11.5 Å². The molecule has 2 aromatic rings. The average Bonchev–Trinajstić information content (AvgIpc) is 2.92. The van der Waals surface area contributed by atoms with Crippen molar-refractivity contribution < 1.29 is 23.9 Å². The fourth-order valence-corrected chi connectivity index (χ4v) is 1.90. The molecule has 0 spiro atoms. The van der Waals surface area contributed by atoms with Gasteiger partial charge in [-0.15, -0.1) is 0 Å². The number of rotatable bonds is 6. The lowest BCUT2D eigenvalue weighted by Crippen LogP contribution is -1.97. The zero-order chi connectivity index (χ0) is 14.5. The molecule has 0 aliphatic carbocycles. The summed E-state index contributed by atoms with van der Waals surface area (Å²) in [5.41, 5.74) is 1.51. The van der Waals surface area contributed by atoms with E-state index in [0.717, 1.165) is 11.1 Å². The molecule has 0 radical (unpaired) electrons. The van der Waals surface area contributed by atoms with Crippen molar-refractivity contribution in [3.05, 3.63) is 30.0 Å². The number of aromatic nitrogens is 1. The van der Waals surface area contributed by atoms with Crippen LogP contribution in [0.4, 0.5) is 0 Å². The van der Waals surface area contributed by atoms with E-state index in [1.54, 1.807) is 26.4 Å². The van der Waals surface area contributed by atoms with Crippen molar-refractivity contribution in [1.29, 1.82) is 0 Å². The molecule has 0 fully saturated rings. The van der Waals surface area contributed by atoms with Crippen LogP contribution in [-0.4, -0.2) is 30.5 Å². The summed E-state index contributed by atoms with van der Waals surface area (Å²) >= 11 is 0. The second-order valence-corrected chi connectivity index (χ2v) is 4.14. The Balaban J connectivity index is 2.32. The summed E-state index contributed by atoms with van der Waals surface area (Å²) in [5, 5.41) is 12.5. The highest BCUT2D eigenvalue weighted by molar-refractivity contribution is 5.69. The number of methoxy groups -OCH3 is 2. The highest BCUT2D eigenvalue weighted by Gasteiger charge is 2.14. The molecule has 0 aliphatic heterocycles. The van der Waals surface area contributed by atoms with Gasteiger partial charge < -0.3 is 19.1 Å². The van der Waals surface area contributed by atoms with Gasteiger partial charge in [-0.2, -0.15) is 0 Å². The summed E-state index contributed by atoms with van der Waals surface area (Å²) in [6, 6.07) is 5.34. The van der Waals surface area contributed by atoms with Gasteiger partial charge in [-0.1, -0.05) is 5.16 Å². The van der Waals surface area contributed by atoms with Crippen LogP contribution in [0.1, 0.15) is 12.0 Å². The molecular weight excluding hydrogens is 262 g/mol. The minimum absolute atomic E-state index is 0.0293. The summed E-state index contributed by atoms with van der Waals surface area (Å²) in [5.74, 6) is 0.880. The second-order valence-electron chi connectivity index (χ2n) is 4.14. The van der Waals surface area contributed by atoms with Crippen molar-refractivity contribution >= 4 is 5.97 Å². The minimum Gasteiger partial charge on any atom is -0.493 e. The van der Waals surface area contributed by atoms with Crippen LogP contribution in [0.2, 0.25) is 0 Å². The number of hydrogen-bond acceptors (Lipinski definition) is 5.